The first-order valence-corrected chi connectivity index (χ1v) is 6.26. The van der Waals surface area contributed by atoms with Crippen LogP contribution in [0, 0.1) is 0 Å². The number of hydrogen-bond donors (Lipinski definition) is 0. The van der Waals surface area contributed by atoms with Gasteiger partial charge < -0.3 is 4.74 Å². The molecular formula is C16H15NO2. The fourth-order valence-electron chi connectivity index (χ4n) is 2.31. The molecule has 0 aliphatic carbocycles. The molecule has 0 spiro atoms. The van der Waals surface area contributed by atoms with Gasteiger partial charge in [0, 0.05) is 17.8 Å². The van der Waals surface area contributed by atoms with Crippen molar-refractivity contribution in [3.63, 3.8) is 0 Å². The van der Waals surface area contributed by atoms with Crippen LogP contribution in [0.5, 0.6) is 5.75 Å². The van der Waals surface area contributed by atoms with Crippen LogP contribution < -0.4 is 10.3 Å². The molecule has 0 N–H and O–H groups in total. The SMILES string of the molecule is CC1(C)C=C(n2ccccc2=O)c2ccccc2O1. The van der Waals surface area contributed by atoms with E-state index in [1.807, 2.05) is 50.3 Å². The molecule has 3 heteroatoms. The summed E-state index contributed by atoms with van der Waals surface area (Å²) < 4.78 is 7.57. The molecule has 1 aromatic carbocycles. The standard InChI is InChI=1S/C16H15NO2/c1-16(2)11-13(17-10-6-5-9-15(17)18)12-7-3-4-8-14(12)19-16/h3-11H,1-2H3. The molecule has 0 fully saturated rings. The zero-order valence-electron chi connectivity index (χ0n) is 11.0. The second kappa shape index (κ2) is 4.12. The minimum absolute atomic E-state index is 0.0405. The Morgan fingerprint density at radius 1 is 1.05 bits per heavy atom. The Bertz CT molecular complexity index is 710. The van der Waals surface area contributed by atoms with Gasteiger partial charge in [0.05, 0.1) is 5.70 Å². The summed E-state index contributed by atoms with van der Waals surface area (Å²) in [5.41, 5.74) is 1.34. The average Bonchev–Trinajstić information content (AvgIpc) is 2.37. The molecule has 3 nitrogen and oxygen atoms in total. The largest absolute Gasteiger partial charge is 0.483 e. The first-order chi connectivity index (χ1) is 9.07. The molecule has 0 bridgehead atoms. The van der Waals surface area contributed by atoms with Gasteiger partial charge in [-0.25, -0.2) is 0 Å². The van der Waals surface area contributed by atoms with Gasteiger partial charge >= 0.3 is 0 Å². The molecule has 1 aliphatic heterocycles. The molecule has 2 heterocycles. The van der Waals surface area contributed by atoms with Gasteiger partial charge in [0.25, 0.3) is 5.56 Å². The van der Waals surface area contributed by atoms with Crippen molar-refractivity contribution in [3.8, 4) is 5.75 Å². The van der Waals surface area contributed by atoms with E-state index in [-0.39, 0.29) is 5.56 Å². The van der Waals surface area contributed by atoms with E-state index in [4.69, 9.17) is 4.74 Å². The number of ether oxygens (including phenoxy) is 1. The fourth-order valence-corrected chi connectivity index (χ4v) is 2.31. The summed E-state index contributed by atoms with van der Waals surface area (Å²) in [5.74, 6) is 0.806. The Balaban J connectivity index is 2.27. The summed E-state index contributed by atoms with van der Waals surface area (Å²) in [6, 6.07) is 12.9. The van der Waals surface area contributed by atoms with Crippen LogP contribution >= 0.6 is 0 Å². The fraction of sp³-hybridized carbons (Fsp3) is 0.188. The quantitative estimate of drug-likeness (QED) is 0.782. The molecule has 2 aromatic rings. The Kier molecular flexibility index (Phi) is 2.56. The summed E-state index contributed by atoms with van der Waals surface area (Å²) in [4.78, 5) is 12.0. The van der Waals surface area contributed by atoms with Gasteiger partial charge in [-0.2, -0.15) is 0 Å². The monoisotopic (exact) mass is 253 g/mol. The van der Waals surface area contributed by atoms with Gasteiger partial charge in [-0.1, -0.05) is 18.2 Å². The van der Waals surface area contributed by atoms with Crippen molar-refractivity contribution in [3.05, 3.63) is 70.7 Å². The summed E-state index contributed by atoms with van der Waals surface area (Å²) >= 11 is 0. The highest BCUT2D eigenvalue weighted by molar-refractivity contribution is 5.73. The van der Waals surface area contributed by atoms with Crippen LogP contribution in [0.15, 0.2) is 59.5 Å². The third-order valence-corrected chi connectivity index (χ3v) is 3.10. The molecule has 0 saturated heterocycles. The molecule has 96 valence electrons. The van der Waals surface area contributed by atoms with Crippen LogP contribution in [0.1, 0.15) is 19.4 Å². The zero-order chi connectivity index (χ0) is 13.5. The molecule has 19 heavy (non-hydrogen) atoms. The van der Waals surface area contributed by atoms with Crippen molar-refractivity contribution in [1.29, 1.82) is 0 Å². The third kappa shape index (κ3) is 2.08. The predicted octanol–water partition coefficient (Wildman–Crippen LogP) is 2.91. The Hall–Kier alpha value is -2.29. The van der Waals surface area contributed by atoms with E-state index in [2.05, 4.69) is 0 Å². The van der Waals surface area contributed by atoms with Crippen molar-refractivity contribution >= 4 is 5.70 Å². The smallest absolute Gasteiger partial charge is 0.255 e. The van der Waals surface area contributed by atoms with E-state index in [1.54, 1.807) is 22.9 Å². The lowest BCUT2D eigenvalue weighted by Crippen LogP contribution is -2.31. The number of nitrogens with zero attached hydrogens (tertiary/aromatic N) is 1. The minimum atomic E-state index is -0.432. The Labute approximate surface area is 111 Å². The molecule has 3 rings (SSSR count). The van der Waals surface area contributed by atoms with Crippen molar-refractivity contribution in [2.24, 2.45) is 0 Å². The number of aromatic nitrogens is 1. The van der Waals surface area contributed by atoms with Gasteiger partial charge in [-0.15, -0.1) is 0 Å². The van der Waals surface area contributed by atoms with Crippen LogP contribution in [0.25, 0.3) is 5.70 Å². The molecule has 0 unspecified atom stereocenters. The van der Waals surface area contributed by atoms with Crippen LogP contribution in [0.2, 0.25) is 0 Å². The normalized spacial score (nSPS) is 16.2. The van der Waals surface area contributed by atoms with E-state index in [0.29, 0.717) is 0 Å². The Morgan fingerprint density at radius 2 is 1.79 bits per heavy atom. The maximum atomic E-state index is 12.0. The van der Waals surface area contributed by atoms with Crippen molar-refractivity contribution in [2.75, 3.05) is 0 Å². The van der Waals surface area contributed by atoms with E-state index >= 15 is 0 Å². The van der Waals surface area contributed by atoms with Crippen molar-refractivity contribution < 1.29 is 4.74 Å². The molecule has 0 radical (unpaired) electrons. The number of hydrogen-bond acceptors (Lipinski definition) is 2. The average molecular weight is 253 g/mol. The number of fused-ring (bicyclic) bond motifs is 1. The summed E-state index contributed by atoms with van der Waals surface area (Å²) in [6.45, 7) is 3.97. The summed E-state index contributed by atoms with van der Waals surface area (Å²) in [5, 5.41) is 0. The van der Waals surface area contributed by atoms with Crippen LogP contribution in [0.4, 0.5) is 0 Å². The number of benzene rings is 1. The molecule has 1 aliphatic rings. The molecule has 0 atom stereocenters. The number of pyridine rings is 1. The van der Waals surface area contributed by atoms with Crippen LogP contribution in [-0.4, -0.2) is 10.2 Å². The second-order valence-corrected chi connectivity index (χ2v) is 5.14. The molecule has 1 aromatic heterocycles. The highest BCUT2D eigenvalue weighted by Gasteiger charge is 2.27. The number of rotatable bonds is 1. The van der Waals surface area contributed by atoms with Gasteiger partial charge in [0.2, 0.25) is 0 Å². The van der Waals surface area contributed by atoms with E-state index in [9.17, 15) is 4.79 Å². The van der Waals surface area contributed by atoms with Gasteiger partial charge in [-0.3, -0.25) is 9.36 Å². The van der Waals surface area contributed by atoms with E-state index < -0.39 is 5.60 Å². The van der Waals surface area contributed by atoms with Crippen LogP contribution in [0.3, 0.4) is 0 Å². The number of para-hydroxylation sites is 1. The lowest BCUT2D eigenvalue weighted by Gasteiger charge is -2.31. The van der Waals surface area contributed by atoms with E-state index in [1.165, 1.54) is 0 Å². The molecule has 0 saturated carbocycles. The maximum Gasteiger partial charge on any atom is 0.255 e. The van der Waals surface area contributed by atoms with Gasteiger partial charge in [-0.05, 0) is 38.1 Å². The third-order valence-electron chi connectivity index (χ3n) is 3.10. The first-order valence-electron chi connectivity index (χ1n) is 6.26. The predicted molar refractivity (Wildman–Crippen MR) is 75.2 cm³/mol. The Morgan fingerprint density at radius 3 is 2.58 bits per heavy atom. The van der Waals surface area contributed by atoms with Crippen molar-refractivity contribution in [2.45, 2.75) is 19.4 Å². The summed E-state index contributed by atoms with van der Waals surface area (Å²) in [6.07, 6.45) is 3.77. The van der Waals surface area contributed by atoms with Gasteiger partial charge in [0.15, 0.2) is 0 Å². The highest BCUT2D eigenvalue weighted by atomic mass is 16.5. The lowest BCUT2D eigenvalue weighted by atomic mass is 9.99. The minimum Gasteiger partial charge on any atom is -0.483 e. The van der Waals surface area contributed by atoms with Crippen LogP contribution in [-0.2, 0) is 0 Å². The first kappa shape index (κ1) is 11.8. The van der Waals surface area contributed by atoms with Crippen molar-refractivity contribution in [1.82, 2.24) is 4.57 Å². The lowest BCUT2D eigenvalue weighted by molar-refractivity contribution is 0.157. The second-order valence-electron chi connectivity index (χ2n) is 5.14. The topological polar surface area (TPSA) is 31.2 Å². The maximum absolute atomic E-state index is 12.0. The highest BCUT2D eigenvalue weighted by Crippen LogP contribution is 2.35. The van der Waals surface area contributed by atoms with E-state index in [0.717, 1.165) is 17.0 Å². The zero-order valence-corrected chi connectivity index (χ0v) is 11.0. The summed E-state index contributed by atoms with van der Waals surface area (Å²) in [7, 11) is 0. The molecule has 0 amide bonds. The molecular weight excluding hydrogens is 238 g/mol. The van der Waals surface area contributed by atoms with Gasteiger partial charge in [0.1, 0.15) is 11.4 Å².